The first kappa shape index (κ1) is 15.3. The molecular weight excluding hydrogens is 274 g/mol. The summed E-state index contributed by atoms with van der Waals surface area (Å²) in [5, 5.41) is 11.8. The van der Waals surface area contributed by atoms with E-state index in [1.807, 2.05) is 14.1 Å². The van der Waals surface area contributed by atoms with Crippen molar-refractivity contribution in [2.75, 3.05) is 27.2 Å². The van der Waals surface area contributed by atoms with Gasteiger partial charge in [0.1, 0.15) is 6.04 Å². The Morgan fingerprint density at radius 2 is 2.38 bits per heavy atom. The molecule has 1 aliphatic rings. The molecule has 0 aliphatic carbocycles. The first-order chi connectivity index (χ1) is 9.97. The van der Waals surface area contributed by atoms with Crippen LogP contribution in [-0.4, -0.2) is 76.1 Å². The number of H-pyrrole nitrogens is 1. The van der Waals surface area contributed by atoms with Crippen LogP contribution in [0.25, 0.3) is 0 Å². The van der Waals surface area contributed by atoms with Gasteiger partial charge in [0.15, 0.2) is 0 Å². The van der Waals surface area contributed by atoms with Crippen LogP contribution in [-0.2, 0) is 11.2 Å². The van der Waals surface area contributed by atoms with Gasteiger partial charge in [0.05, 0.1) is 6.33 Å². The first-order valence-corrected chi connectivity index (χ1v) is 6.89. The number of carbonyl (C=O) groups is 2. The highest BCUT2D eigenvalue weighted by Crippen LogP contribution is 2.13. The minimum Gasteiger partial charge on any atom is -0.480 e. The number of rotatable bonds is 5. The van der Waals surface area contributed by atoms with Crippen molar-refractivity contribution < 1.29 is 14.7 Å². The zero-order chi connectivity index (χ0) is 15.4. The van der Waals surface area contributed by atoms with Crippen LogP contribution in [0.5, 0.6) is 0 Å². The fraction of sp³-hybridized carbons (Fsp3) is 0.615. The van der Waals surface area contributed by atoms with Crippen molar-refractivity contribution in [3.63, 3.8) is 0 Å². The number of nitrogens with zero attached hydrogens (tertiary/aromatic N) is 3. The van der Waals surface area contributed by atoms with Gasteiger partial charge in [-0.2, -0.15) is 0 Å². The minimum atomic E-state index is -1.05. The lowest BCUT2D eigenvalue weighted by Crippen LogP contribution is -2.48. The second-order valence-electron chi connectivity index (χ2n) is 5.47. The van der Waals surface area contributed by atoms with Gasteiger partial charge in [-0.05, 0) is 20.5 Å². The molecule has 1 aliphatic heterocycles. The van der Waals surface area contributed by atoms with E-state index in [-0.39, 0.29) is 12.5 Å². The minimum absolute atomic E-state index is 0.187. The number of carbonyl (C=O) groups excluding carboxylic acids is 1. The molecule has 21 heavy (non-hydrogen) atoms. The summed E-state index contributed by atoms with van der Waals surface area (Å²) in [4.78, 5) is 33.9. The third-order valence-corrected chi connectivity index (χ3v) is 3.76. The van der Waals surface area contributed by atoms with Crippen molar-refractivity contribution in [3.8, 4) is 0 Å². The van der Waals surface area contributed by atoms with Crippen LogP contribution in [0, 0.1) is 0 Å². The number of hydrogen-bond donors (Lipinski definition) is 3. The van der Waals surface area contributed by atoms with E-state index in [9.17, 15) is 14.7 Å². The molecule has 1 aromatic heterocycles. The predicted octanol–water partition coefficient (Wildman–Crippen LogP) is -0.249. The average Bonchev–Trinajstić information content (AvgIpc) is 3.08. The Bertz CT molecular complexity index is 488. The molecule has 0 radical (unpaired) electrons. The van der Waals surface area contributed by atoms with Crippen molar-refractivity contribution in [3.05, 3.63) is 18.2 Å². The molecule has 3 N–H and O–H groups in total. The molecular formula is C13H21N5O3. The number of carboxylic acid groups (broad SMARTS) is 1. The number of aromatic amines is 1. The first-order valence-electron chi connectivity index (χ1n) is 6.89. The van der Waals surface area contributed by atoms with Gasteiger partial charge in [0.2, 0.25) is 0 Å². The van der Waals surface area contributed by atoms with Crippen LogP contribution in [0.3, 0.4) is 0 Å². The van der Waals surface area contributed by atoms with Crippen LogP contribution < -0.4 is 5.32 Å². The van der Waals surface area contributed by atoms with Crippen molar-refractivity contribution in [1.82, 2.24) is 25.1 Å². The lowest BCUT2D eigenvalue weighted by atomic mass is 10.1. The Balaban J connectivity index is 1.91. The Kier molecular flexibility index (Phi) is 4.79. The Hall–Kier alpha value is -2.09. The number of likely N-dealkylation sites (N-methyl/N-ethyl adjacent to an activating group) is 1. The van der Waals surface area contributed by atoms with Gasteiger partial charge < -0.3 is 25.2 Å². The van der Waals surface area contributed by atoms with Gasteiger partial charge >= 0.3 is 12.0 Å². The van der Waals surface area contributed by atoms with Crippen LogP contribution in [0.4, 0.5) is 4.79 Å². The summed E-state index contributed by atoms with van der Waals surface area (Å²) in [5.74, 6) is -1.05. The summed E-state index contributed by atoms with van der Waals surface area (Å²) in [6, 6.07) is -0.964. The number of aliphatic carboxylic acids is 1. The summed E-state index contributed by atoms with van der Waals surface area (Å²) in [6.45, 7) is 1.26. The van der Waals surface area contributed by atoms with E-state index in [2.05, 4.69) is 20.2 Å². The zero-order valence-electron chi connectivity index (χ0n) is 12.2. The van der Waals surface area contributed by atoms with Crippen molar-refractivity contribution in [2.45, 2.75) is 24.9 Å². The predicted molar refractivity (Wildman–Crippen MR) is 75.9 cm³/mol. The maximum absolute atomic E-state index is 12.2. The third-order valence-electron chi connectivity index (χ3n) is 3.76. The number of imidazole rings is 1. The van der Waals surface area contributed by atoms with E-state index in [1.54, 1.807) is 11.1 Å². The van der Waals surface area contributed by atoms with Crippen LogP contribution in [0.2, 0.25) is 0 Å². The lowest BCUT2D eigenvalue weighted by Gasteiger charge is -2.22. The highest BCUT2D eigenvalue weighted by Gasteiger charge is 2.30. The van der Waals surface area contributed by atoms with E-state index < -0.39 is 12.0 Å². The molecule has 0 saturated carbocycles. The van der Waals surface area contributed by atoms with E-state index in [0.29, 0.717) is 24.8 Å². The van der Waals surface area contributed by atoms with Gasteiger partial charge in [0, 0.05) is 37.4 Å². The Morgan fingerprint density at radius 1 is 1.62 bits per heavy atom. The number of amides is 2. The van der Waals surface area contributed by atoms with E-state index in [0.717, 1.165) is 6.42 Å². The Labute approximate surface area is 123 Å². The molecule has 2 atom stereocenters. The number of carboxylic acids is 1. The van der Waals surface area contributed by atoms with Crippen molar-refractivity contribution >= 4 is 12.0 Å². The Morgan fingerprint density at radius 3 is 2.90 bits per heavy atom. The highest BCUT2D eigenvalue weighted by molar-refractivity contribution is 5.83. The van der Waals surface area contributed by atoms with E-state index >= 15 is 0 Å². The van der Waals surface area contributed by atoms with Gasteiger partial charge in [-0.25, -0.2) is 14.6 Å². The number of hydrogen-bond acceptors (Lipinski definition) is 4. The summed E-state index contributed by atoms with van der Waals surface area (Å²) in [6.07, 6.45) is 4.13. The number of likely N-dealkylation sites (tertiary alicyclic amines) is 1. The summed E-state index contributed by atoms with van der Waals surface area (Å²) < 4.78 is 0. The standard InChI is InChI=1S/C13H21N5O3/c1-17(2)10-3-4-18(7-10)13(21)16-11(12(19)20)5-9-6-14-8-15-9/h6,8,10-11H,3-5,7H2,1-2H3,(H,14,15)(H,16,21)(H,19,20)/t10?,11-/m0/s1. The number of aromatic nitrogens is 2. The van der Waals surface area contributed by atoms with Crippen molar-refractivity contribution in [2.24, 2.45) is 0 Å². The van der Waals surface area contributed by atoms with Gasteiger partial charge in [-0.1, -0.05) is 0 Å². The van der Waals surface area contributed by atoms with E-state index in [4.69, 9.17) is 0 Å². The molecule has 0 spiro atoms. The summed E-state index contributed by atoms with van der Waals surface area (Å²) >= 11 is 0. The molecule has 116 valence electrons. The molecule has 0 bridgehead atoms. The van der Waals surface area contributed by atoms with Gasteiger partial charge in [0.25, 0.3) is 0 Å². The van der Waals surface area contributed by atoms with Gasteiger partial charge in [-0.3, -0.25) is 0 Å². The smallest absolute Gasteiger partial charge is 0.326 e. The highest BCUT2D eigenvalue weighted by atomic mass is 16.4. The molecule has 2 heterocycles. The topological polar surface area (TPSA) is 102 Å². The molecule has 0 aromatic carbocycles. The number of urea groups is 1. The van der Waals surface area contributed by atoms with Gasteiger partial charge in [-0.15, -0.1) is 0 Å². The SMILES string of the molecule is CN(C)C1CCN(C(=O)N[C@@H](Cc2cnc[nH]2)C(=O)O)C1. The van der Waals surface area contributed by atoms with Crippen molar-refractivity contribution in [1.29, 1.82) is 0 Å². The fourth-order valence-electron chi connectivity index (χ4n) is 2.40. The molecule has 1 saturated heterocycles. The molecule has 8 nitrogen and oxygen atoms in total. The molecule has 1 unspecified atom stereocenters. The zero-order valence-corrected chi connectivity index (χ0v) is 12.2. The third kappa shape index (κ3) is 3.94. The normalized spacial score (nSPS) is 19.8. The monoisotopic (exact) mass is 295 g/mol. The number of nitrogens with one attached hydrogen (secondary N) is 2. The average molecular weight is 295 g/mol. The van der Waals surface area contributed by atoms with Crippen LogP contribution >= 0.6 is 0 Å². The summed E-state index contributed by atoms with van der Waals surface area (Å²) in [5.41, 5.74) is 0.676. The quantitative estimate of drug-likeness (QED) is 0.695. The molecule has 8 heteroatoms. The maximum Gasteiger partial charge on any atom is 0.326 e. The second kappa shape index (κ2) is 6.57. The largest absolute Gasteiger partial charge is 0.480 e. The molecule has 1 fully saturated rings. The summed E-state index contributed by atoms with van der Waals surface area (Å²) in [7, 11) is 3.95. The van der Waals surface area contributed by atoms with Crippen LogP contribution in [0.15, 0.2) is 12.5 Å². The lowest BCUT2D eigenvalue weighted by molar-refractivity contribution is -0.139. The molecule has 2 rings (SSSR count). The van der Waals surface area contributed by atoms with Crippen LogP contribution in [0.1, 0.15) is 12.1 Å². The molecule has 1 aromatic rings. The molecule has 2 amide bonds. The van der Waals surface area contributed by atoms with E-state index in [1.165, 1.54) is 6.33 Å². The fourth-order valence-corrected chi connectivity index (χ4v) is 2.40. The maximum atomic E-state index is 12.2. The second-order valence-corrected chi connectivity index (χ2v) is 5.47.